The molecule has 94 valence electrons. The van der Waals surface area contributed by atoms with Crippen molar-refractivity contribution >= 4 is 0 Å². The Balaban J connectivity index is 1.51. The summed E-state index contributed by atoms with van der Waals surface area (Å²) in [4.78, 5) is 0. The zero-order chi connectivity index (χ0) is 11.7. The predicted octanol–water partition coefficient (Wildman–Crippen LogP) is 1.61. The molecule has 0 radical (unpaired) electrons. The maximum atomic E-state index is 5.93. The number of aromatic nitrogens is 2. The van der Waals surface area contributed by atoms with Gasteiger partial charge in [0.15, 0.2) is 0 Å². The van der Waals surface area contributed by atoms with Crippen LogP contribution in [0.1, 0.15) is 37.8 Å². The minimum absolute atomic E-state index is 0.236. The molecular formula is C13H21N3O. The molecule has 0 aromatic carbocycles. The lowest BCUT2D eigenvalue weighted by atomic mass is 9.74. The van der Waals surface area contributed by atoms with Gasteiger partial charge in [0.25, 0.3) is 0 Å². The van der Waals surface area contributed by atoms with E-state index in [0.717, 1.165) is 25.3 Å². The van der Waals surface area contributed by atoms with Gasteiger partial charge in [0.2, 0.25) is 0 Å². The molecule has 1 N–H and O–H groups in total. The molecule has 1 aliphatic carbocycles. The first-order valence-electron chi connectivity index (χ1n) is 6.62. The number of hydrogen-bond donors (Lipinski definition) is 1. The van der Waals surface area contributed by atoms with Gasteiger partial charge in [-0.05, 0) is 38.2 Å². The molecule has 17 heavy (non-hydrogen) atoms. The number of nitrogens with zero attached hydrogens (tertiary/aromatic N) is 2. The van der Waals surface area contributed by atoms with Crippen LogP contribution in [0.5, 0.6) is 0 Å². The largest absolute Gasteiger partial charge is 0.375 e. The first-order valence-corrected chi connectivity index (χ1v) is 6.62. The Labute approximate surface area is 102 Å². The highest BCUT2D eigenvalue weighted by Crippen LogP contribution is 2.42. The van der Waals surface area contributed by atoms with Crippen LogP contribution in [-0.2, 0) is 18.3 Å². The van der Waals surface area contributed by atoms with Gasteiger partial charge < -0.3 is 10.1 Å². The summed E-state index contributed by atoms with van der Waals surface area (Å²) in [6, 6.07) is 2.68. The summed E-state index contributed by atoms with van der Waals surface area (Å²) in [5, 5.41) is 8.01. The molecule has 4 nitrogen and oxygen atoms in total. The lowest BCUT2D eigenvalue weighted by Crippen LogP contribution is -2.50. The third-order valence-corrected chi connectivity index (χ3v) is 4.10. The van der Waals surface area contributed by atoms with Crippen LogP contribution in [0.3, 0.4) is 0 Å². The lowest BCUT2D eigenvalue weighted by Gasteiger charge is -2.47. The molecule has 1 aliphatic heterocycles. The normalized spacial score (nSPS) is 27.0. The van der Waals surface area contributed by atoms with Crippen molar-refractivity contribution in [3.8, 4) is 0 Å². The van der Waals surface area contributed by atoms with E-state index in [0.29, 0.717) is 6.04 Å². The molecule has 1 unspecified atom stereocenters. The lowest BCUT2D eigenvalue weighted by molar-refractivity contribution is -0.135. The fourth-order valence-electron chi connectivity index (χ4n) is 2.93. The topological polar surface area (TPSA) is 39.1 Å². The molecule has 1 spiro atoms. The predicted molar refractivity (Wildman–Crippen MR) is 65.6 cm³/mol. The Kier molecular flexibility index (Phi) is 2.92. The average Bonchev–Trinajstić information content (AvgIpc) is 2.71. The van der Waals surface area contributed by atoms with Crippen LogP contribution in [0, 0.1) is 0 Å². The number of hydrogen-bond acceptors (Lipinski definition) is 3. The number of aryl methyl sites for hydroxylation is 1. The minimum Gasteiger partial charge on any atom is -0.375 e. The van der Waals surface area contributed by atoms with Crippen molar-refractivity contribution in [2.75, 3.05) is 6.61 Å². The first-order chi connectivity index (χ1) is 8.26. The van der Waals surface area contributed by atoms with Crippen LogP contribution in [-0.4, -0.2) is 28.0 Å². The maximum Gasteiger partial charge on any atom is 0.0762 e. The molecule has 1 saturated heterocycles. The molecule has 0 bridgehead atoms. The van der Waals surface area contributed by atoms with Gasteiger partial charge in [-0.1, -0.05) is 0 Å². The quantitative estimate of drug-likeness (QED) is 0.865. The Bertz CT molecular complexity index is 384. The Hall–Kier alpha value is -0.870. The Morgan fingerprint density at radius 3 is 3.12 bits per heavy atom. The van der Waals surface area contributed by atoms with Crippen LogP contribution < -0.4 is 5.32 Å². The van der Waals surface area contributed by atoms with E-state index in [1.54, 1.807) is 0 Å². The molecule has 1 atom stereocenters. The second kappa shape index (κ2) is 4.42. The maximum absolute atomic E-state index is 5.93. The van der Waals surface area contributed by atoms with Crippen molar-refractivity contribution < 1.29 is 4.74 Å². The molecule has 2 heterocycles. The standard InChI is InChI=1S/C13H21N3O/c1-16-7-3-12(15-16)10-14-11-4-8-17-13(9-11)5-2-6-13/h3,7,11,14H,2,4-6,8-10H2,1H3. The third kappa shape index (κ3) is 2.38. The van der Waals surface area contributed by atoms with Gasteiger partial charge in [-0.3, -0.25) is 4.68 Å². The van der Waals surface area contributed by atoms with Crippen LogP contribution in [0.4, 0.5) is 0 Å². The van der Waals surface area contributed by atoms with Crippen molar-refractivity contribution in [3.63, 3.8) is 0 Å². The smallest absolute Gasteiger partial charge is 0.0762 e. The summed E-state index contributed by atoms with van der Waals surface area (Å²) in [6.45, 7) is 1.79. The van der Waals surface area contributed by atoms with Crippen molar-refractivity contribution in [3.05, 3.63) is 18.0 Å². The van der Waals surface area contributed by atoms with E-state index in [-0.39, 0.29) is 5.60 Å². The van der Waals surface area contributed by atoms with E-state index in [4.69, 9.17) is 4.74 Å². The van der Waals surface area contributed by atoms with E-state index >= 15 is 0 Å². The number of rotatable bonds is 3. The van der Waals surface area contributed by atoms with E-state index in [2.05, 4.69) is 16.5 Å². The van der Waals surface area contributed by atoms with Gasteiger partial charge >= 0.3 is 0 Å². The van der Waals surface area contributed by atoms with Gasteiger partial charge in [-0.25, -0.2) is 0 Å². The minimum atomic E-state index is 0.236. The summed E-state index contributed by atoms with van der Waals surface area (Å²) in [5.41, 5.74) is 1.36. The van der Waals surface area contributed by atoms with Crippen molar-refractivity contribution in [1.29, 1.82) is 0 Å². The molecular weight excluding hydrogens is 214 g/mol. The highest BCUT2D eigenvalue weighted by Gasteiger charge is 2.42. The van der Waals surface area contributed by atoms with Crippen molar-refractivity contribution in [2.24, 2.45) is 7.05 Å². The molecule has 4 heteroatoms. The van der Waals surface area contributed by atoms with Gasteiger partial charge in [-0.15, -0.1) is 0 Å². The molecule has 1 aromatic heterocycles. The van der Waals surface area contributed by atoms with Gasteiger partial charge in [-0.2, -0.15) is 5.10 Å². The molecule has 3 rings (SSSR count). The second-order valence-electron chi connectivity index (χ2n) is 5.44. The zero-order valence-electron chi connectivity index (χ0n) is 10.5. The van der Waals surface area contributed by atoms with Crippen molar-refractivity contribution in [1.82, 2.24) is 15.1 Å². The fourth-order valence-corrected chi connectivity index (χ4v) is 2.93. The molecule has 1 saturated carbocycles. The molecule has 0 amide bonds. The highest BCUT2D eigenvalue weighted by atomic mass is 16.5. The van der Waals surface area contributed by atoms with Gasteiger partial charge in [0.1, 0.15) is 0 Å². The van der Waals surface area contributed by atoms with E-state index in [9.17, 15) is 0 Å². The van der Waals surface area contributed by atoms with Crippen molar-refractivity contribution in [2.45, 2.75) is 50.3 Å². The molecule has 1 aromatic rings. The second-order valence-corrected chi connectivity index (χ2v) is 5.44. The summed E-state index contributed by atoms with van der Waals surface area (Å²) in [5.74, 6) is 0. The third-order valence-electron chi connectivity index (χ3n) is 4.10. The molecule has 2 aliphatic rings. The number of nitrogens with one attached hydrogen (secondary N) is 1. The van der Waals surface area contributed by atoms with E-state index < -0.39 is 0 Å². The number of ether oxygens (including phenoxy) is 1. The zero-order valence-corrected chi connectivity index (χ0v) is 10.5. The highest BCUT2D eigenvalue weighted by molar-refractivity contribution is 5.00. The molecule has 2 fully saturated rings. The Morgan fingerprint density at radius 1 is 1.59 bits per heavy atom. The SMILES string of the molecule is Cn1ccc(CNC2CCOC3(CCC3)C2)n1. The van der Waals surface area contributed by atoms with Gasteiger partial charge in [0, 0.05) is 32.4 Å². The Morgan fingerprint density at radius 2 is 2.47 bits per heavy atom. The summed E-state index contributed by atoms with van der Waals surface area (Å²) in [6.07, 6.45) is 8.17. The first kappa shape index (κ1) is 11.2. The van der Waals surface area contributed by atoms with Crippen LogP contribution in [0.15, 0.2) is 12.3 Å². The van der Waals surface area contributed by atoms with Gasteiger partial charge in [0.05, 0.1) is 11.3 Å². The van der Waals surface area contributed by atoms with Crippen LogP contribution in [0.2, 0.25) is 0 Å². The average molecular weight is 235 g/mol. The summed E-state index contributed by atoms with van der Waals surface area (Å²) < 4.78 is 7.78. The summed E-state index contributed by atoms with van der Waals surface area (Å²) in [7, 11) is 1.96. The van der Waals surface area contributed by atoms with Crippen LogP contribution >= 0.6 is 0 Å². The van der Waals surface area contributed by atoms with E-state index in [1.807, 2.05) is 17.9 Å². The summed E-state index contributed by atoms with van der Waals surface area (Å²) >= 11 is 0. The van der Waals surface area contributed by atoms with Crippen LogP contribution in [0.25, 0.3) is 0 Å². The van der Waals surface area contributed by atoms with E-state index in [1.165, 1.54) is 25.7 Å². The fraction of sp³-hybridized carbons (Fsp3) is 0.769. The monoisotopic (exact) mass is 235 g/mol.